The molecule has 0 bridgehead atoms. The smallest absolute Gasteiger partial charge is 0.262 e. The van der Waals surface area contributed by atoms with Crippen LogP contribution in [0.4, 0.5) is 0 Å². The zero-order chi connectivity index (χ0) is 13.3. The Hall–Kier alpha value is -1.55. The van der Waals surface area contributed by atoms with E-state index in [0.29, 0.717) is 0 Å². The summed E-state index contributed by atoms with van der Waals surface area (Å²) in [6.07, 6.45) is 1.52. The molecule has 0 saturated heterocycles. The second-order valence-corrected chi connectivity index (χ2v) is 5.00. The Bertz CT molecular complexity index is 457. The molecule has 98 valence electrons. The van der Waals surface area contributed by atoms with Gasteiger partial charge in [-0.1, -0.05) is 6.07 Å². The van der Waals surface area contributed by atoms with Crippen LogP contribution in [0.5, 0.6) is 5.75 Å². The van der Waals surface area contributed by atoms with Crippen molar-refractivity contribution in [2.75, 3.05) is 14.1 Å². The minimum absolute atomic E-state index is 0.0350. The predicted molar refractivity (Wildman–Crippen MR) is 70.5 cm³/mol. The van der Waals surface area contributed by atoms with Crippen LogP contribution < -0.4 is 10.5 Å². The lowest BCUT2D eigenvalue weighted by Gasteiger charge is -2.18. The Labute approximate surface area is 108 Å². The van der Waals surface area contributed by atoms with Crippen LogP contribution in [0.25, 0.3) is 0 Å². The van der Waals surface area contributed by atoms with Crippen molar-refractivity contribution in [3.8, 4) is 5.75 Å². The molecule has 0 aliphatic heterocycles. The first-order chi connectivity index (χ1) is 8.49. The summed E-state index contributed by atoms with van der Waals surface area (Å²) in [5, 5.41) is 0. The Kier molecular flexibility index (Phi) is 3.57. The summed E-state index contributed by atoms with van der Waals surface area (Å²) >= 11 is 0. The summed E-state index contributed by atoms with van der Waals surface area (Å²) in [5.41, 5.74) is 8.43. The van der Waals surface area contributed by atoms with Crippen LogP contribution in [0.2, 0.25) is 0 Å². The third-order valence-electron chi connectivity index (χ3n) is 3.34. The van der Waals surface area contributed by atoms with Gasteiger partial charge in [0.1, 0.15) is 5.75 Å². The van der Waals surface area contributed by atoms with Gasteiger partial charge in [-0.3, -0.25) is 4.79 Å². The Balaban J connectivity index is 2.09. The Morgan fingerprint density at radius 1 is 1.50 bits per heavy atom. The van der Waals surface area contributed by atoms with Gasteiger partial charge < -0.3 is 15.4 Å². The van der Waals surface area contributed by atoms with Crippen molar-refractivity contribution in [1.29, 1.82) is 0 Å². The lowest BCUT2D eigenvalue weighted by Crippen LogP contribution is -2.35. The van der Waals surface area contributed by atoms with Gasteiger partial charge in [-0.15, -0.1) is 0 Å². The highest BCUT2D eigenvalue weighted by molar-refractivity contribution is 5.80. The molecule has 0 spiro atoms. The topological polar surface area (TPSA) is 55.6 Å². The predicted octanol–water partition coefficient (Wildman–Crippen LogP) is 1.49. The van der Waals surface area contributed by atoms with Crippen molar-refractivity contribution in [2.45, 2.75) is 31.9 Å². The molecule has 4 heteroatoms. The first kappa shape index (κ1) is 12.9. The first-order valence-corrected chi connectivity index (χ1v) is 6.25. The van der Waals surface area contributed by atoms with E-state index in [4.69, 9.17) is 10.5 Å². The molecular weight excluding hydrogens is 228 g/mol. The fraction of sp³-hybridized carbons (Fsp3) is 0.500. The lowest BCUT2D eigenvalue weighted by molar-refractivity contribution is -0.135. The van der Waals surface area contributed by atoms with Crippen molar-refractivity contribution < 1.29 is 9.53 Å². The van der Waals surface area contributed by atoms with E-state index in [9.17, 15) is 4.79 Å². The highest BCUT2D eigenvalue weighted by atomic mass is 16.5. The maximum atomic E-state index is 11.7. The van der Waals surface area contributed by atoms with E-state index in [1.165, 1.54) is 16.0 Å². The molecule has 1 aromatic carbocycles. The molecule has 2 rings (SSSR count). The maximum Gasteiger partial charge on any atom is 0.262 e. The fourth-order valence-electron chi connectivity index (χ4n) is 2.32. The minimum Gasteiger partial charge on any atom is -0.481 e. The average Bonchev–Trinajstić information content (AvgIpc) is 2.69. The number of hydrogen-bond acceptors (Lipinski definition) is 3. The van der Waals surface area contributed by atoms with Crippen molar-refractivity contribution in [3.63, 3.8) is 0 Å². The number of carbonyl (C=O) groups excluding carboxylic acids is 1. The Morgan fingerprint density at radius 3 is 2.89 bits per heavy atom. The van der Waals surface area contributed by atoms with E-state index in [2.05, 4.69) is 0 Å². The number of benzene rings is 1. The molecule has 0 heterocycles. The molecular formula is C14H20N2O2. The van der Waals surface area contributed by atoms with Gasteiger partial charge in [0, 0.05) is 20.1 Å². The first-order valence-electron chi connectivity index (χ1n) is 6.25. The standard InChI is InChI=1S/C14H20N2O2/c1-9(14(17)16(2)3)18-11-5-6-12-10(8-11)4-7-13(12)15/h5-6,8-9,13H,4,7,15H2,1-3H3. The van der Waals surface area contributed by atoms with Crippen molar-refractivity contribution in [1.82, 2.24) is 4.90 Å². The molecule has 2 unspecified atom stereocenters. The van der Waals surface area contributed by atoms with Crippen molar-refractivity contribution in [3.05, 3.63) is 29.3 Å². The molecule has 1 aliphatic rings. The number of aryl methyl sites for hydroxylation is 1. The highest BCUT2D eigenvalue weighted by Crippen LogP contribution is 2.32. The molecule has 0 fully saturated rings. The molecule has 18 heavy (non-hydrogen) atoms. The number of nitrogens with zero attached hydrogens (tertiary/aromatic N) is 1. The number of nitrogens with two attached hydrogens (primary N) is 1. The van der Waals surface area contributed by atoms with Crippen LogP contribution >= 0.6 is 0 Å². The van der Waals surface area contributed by atoms with E-state index >= 15 is 0 Å². The van der Waals surface area contributed by atoms with Crippen LogP contribution in [-0.4, -0.2) is 31.0 Å². The van der Waals surface area contributed by atoms with E-state index in [-0.39, 0.29) is 11.9 Å². The van der Waals surface area contributed by atoms with Gasteiger partial charge >= 0.3 is 0 Å². The zero-order valence-corrected chi connectivity index (χ0v) is 11.1. The number of hydrogen-bond donors (Lipinski definition) is 1. The van der Waals surface area contributed by atoms with E-state index in [0.717, 1.165) is 18.6 Å². The summed E-state index contributed by atoms with van der Waals surface area (Å²) < 4.78 is 5.67. The molecule has 1 amide bonds. The number of amides is 1. The molecule has 1 aromatic rings. The molecule has 2 N–H and O–H groups in total. The number of carbonyl (C=O) groups is 1. The van der Waals surface area contributed by atoms with Gasteiger partial charge in [0.15, 0.2) is 6.10 Å². The van der Waals surface area contributed by atoms with Gasteiger partial charge in [-0.05, 0) is 43.0 Å². The number of fused-ring (bicyclic) bond motifs is 1. The molecule has 1 aliphatic carbocycles. The number of likely N-dealkylation sites (N-methyl/N-ethyl adjacent to an activating group) is 1. The van der Waals surface area contributed by atoms with Crippen LogP contribution in [-0.2, 0) is 11.2 Å². The second kappa shape index (κ2) is 4.98. The molecule has 4 nitrogen and oxygen atoms in total. The Morgan fingerprint density at radius 2 is 2.22 bits per heavy atom. The van der Waals surface area contributed by atoms with Crippen molar-refractivity contribution >= 4 is 5.91 Å². The normalized spacial score (nSPS) is 19.2. The quantitative estimate of drug-likeness (QED) is 0.881. The maximum absolute atomic E-state index is 11.7. The molecule has 0 aromatic heterocycles. The zero-order valence-electron chi connectivity index (χ0n) is 11.1. The van der Waals surface area contributed by atoms with Gasteiger partial charge in [-0.25, -0.2) is 0 Å². The van der Waals surface area contributed by atoms with Gasteiger partial charge in [-0.2, -0.15) is 0 Å². The highest BCUT2D eigenvalue weighted by Gasteiger charge is 2.21. The van der Waals surface area contributed by atoms with Gasteiger partial charge in [0.05, 0.1) is 0 Å². The number of rotatable bonds is 3. The van der Waals surface area contributed by atoms with E-state index in [1.807, 2.05) is 18.2 Å². The van der Waals surface area contributed by atoms with E-state index in [1.54, 1.807) is 21.0 Å². The summed E-state index contributed by atoms with van der Waals surface area (Å²) in [4.78, 5) is 13.2. The largest absolute Gasteiger partial charge is 0.481 e. The lowest BCUT2D eigenvalue weighted by atomic mass is 10.1. The molecule has 2 atom stereocenters. The summed E-state index contributed by atoms with van der Waals surface area (Å²) in [5.74, 6) is 0.706. The average molecular weight is 248 g/mol. The second-order valence-electron chi connectivity index (χ2n) is 5.00. The summed E-state index contributed by atoms with van der Waals surface area (Å²) in [7, 11) is 3.45. The summed E-state index contributed by atoms with van der Waals surface area (Å²) in [6, 6.07) is 6.05. The minimum atomic E-state index is -0.465. The molecule has 0 saturated carbocycles. The van der Waals surface area contributed by atoms with Gasteiger partial charge in [0.25, 0.3) is 5.91 Å². The third-order valence-corrected chi connectivity index (χ3v) is 3.34. The van der Waals surface area contributed by atoms with Crippen LogP contribution in [0.1, 0.15) is 30.5 Å². The van der Waals surface area contributed by atoms with Crippen LogP contribution in [0.15, 0.2) is 18.2 Å². The van der Waals surface area contributed by atoms with Crippen LogP contribution in [0, 0.1) is 0 Å². The summed E-state index contributed by atoms with van der Waals surface area (Å²) in [6.45, 7) is 1.77. The van der Waals surface area contributed by atoms with Crippen LogP contribution in [0.3, 0.4) is 0 Å². The van der Waals surface area contributed by atoms with Crippen molar-refractivity contribution in [2.24, 2.45) is 5.73 Å². The molecule has 0 radical (unpaired) electrons. The van der Waals surface area contributed by atoms with Gasteiger partial charge in [0.2, 0.25) is 0 Å². The monoisotopic (exact) mass is 248 g/mol. The number of ether oxygens (including phenoxy) is 1. The van der Waals surface area contributed by atoms with E-state index < -0.39 is 6.10 Å². The SMILES string of the molecule is CC(Oc1ccc2c(c1)CCC2N)C(=O)N(C)C. The fourth-order valence-corrected chi connectivity index (χ4v) is 2.32. The third kappa shape index (κ3) is 2.48.